The molecular weight excluding hydrogens is 412 g/mol. The Labute approximate surface area is 177 Å². The number of carbonyl (C=O) groups excluding carboxylic acids is 3. The average Bonchev–Trinajstić information content (AvgIpc) is 2.70. The Morgan fingerprint density at radius 2 is 1.52 bits per heavy atom. The number of carboxylic acids is 2. The predicted molar refractivity (Wildman–Crippen MR) is 107 cm³/mol. The highest BCUT2D eigenvalue weighted by Gasteiger charge is 2.32. The second-order valence-corrected chi connectivity index (χ2v) is 6.74. The zero-order valence-electron chi connectivity index (χ0n) is 16.8. The molecule has 4 unspecified atom stereocenters. The third kappa shape index (κ3) is 8.80. The highest BCUT2D eigenvalue weighted by molar-refractivity contribution is 5.95. The molecule has 0 aromatic heterocycles. The first-order valence-electron chi connectivity index (χ1n) is 9.31. The molecule has 170 valence electrons. The van der Waals surface area contributed by atoms with Crippen molar-refractivity contribution in [3.63, 3.8) is 0 Å². The minimum absolute atomic E-state index is 0.0709. The van der Waals surface area contributed by atoms with Crippen LogP contribution in [0.25, 0.3) is 0 Å². The van der Waals surface area contributed by atoms with Gasteiger partial charge in [-0.15, -0.1) is 0 Å². The minimum atomic E-state index is -1.65. The lowest BCUT2D eigenvalue weighted by atomic mass is 10.0. The lowest BCUT2D eigenvalue weighted by Gasteiger charge is -2.25. The van der Waals surface area contributed by atoms with E-state index in [0.717, 1.165) is 0 Å². The van der Waals surface area contributed by atoms with Crippen LogP contribution in [-0.4, -0.2) is 75.8 Å². The van der Waals surface area contributed by atoms with Crippen molar-refractivity contribution in [2.75, 3.05) is 6.54 Å². The molecule has 0 saturated heterocycles. The largest absolute Gasteiger partial charge is 0.481 e. The summed E-state index contributed by atoms with van der Waals surface area (Å²) in [6, 6.07) is 3.90. The van der Waals surface area contributed by atoms with E-state index in [0.29, 0.717) is 5.56 Å². The molecule has 0 radical (unpaired) electrons. The number of aliphatic carboxylic acids is 2. The summed E-state index contributed by atoms with van der Waals surface area (Å²) in [5.74, 6) is -5.62. The minimum Gasteiger partial charge on any atom is -0.481 e. The molecule has 0 heterocycles. The fourth-order valence-corrected chi connectivity index (χ4v) is 2.61. The fourth-order valence-electron chi connectivity index (χ4n) is 2.61. The smallest absolute Gasteiger partial charge is 0.326 e. The van der Waals surface area contributed by atoms with Crippen LogP contribution in [0, 0.1) is 0 Å². The van der Waals surface area contributed by atoms with E-state index in [2.05, 4.69) is 16.0 Å². The van der Waals surface area contributed by atoms with Gasteiger partial charge in [-0.25, -0.2) is 4.79 Å². The van der Waals surface area contributed by atoms with Crippen molar-refractivity contribution >= 4 is 29.7 Å². The SMILES string of the molecule is CC(O)C(NC(=O)CN)C(=O)NC(CC(=O)O)C(=O)NC(Cc1ccccc1)C(=O)O. The van der Waals surface area contributed by atoms with Gasteiger partial charge in [-0.05, 0) is 12.5 Å². The lowest BCUT2D eigenvalue weighted by molar-refractivity contribution is -0.143. The summed E-state index contributed by atoms with van der Waals surface area (Å²) in [5.41, 5.74) is 5.78. The van der Waals surface area contributed by atoms with E-state index < -0.39 is 66.9 Å². The summed E-state index contributed by atoms with van der Waals surface area (Å²) in [7, 11) is 0. The number of carboxylic acid groups (broad SMARTS) is 2. The highest BCUT2D eigenvalue weighted by Crippen LogP contribution is 2.05. The zero-order chi connectivity index (χ0) is 23.6. The van der Waals surface area contributed by atoms with E-state index in [9.17, 15) is 34.2 Å². The summed E-state index contributed by atoms with van der Waals surface area (Å²) < 4.78 is 0. The van der Waals surface area contributed by atoms with E-state index >= 15 is 0 Å². The van der Waals surface area contributed by atoms with Crippen LogP contribution < -0.4 is 21.7 Å². The highest BCUT2D eigenvalue weighted by atomic mass is 16.4. The van der Waals surface area contributed by atoms with Crippen molar-refractivity contribution in [3.05, 3.63) is 35.9 Å². The van der Waals surface area contributed by atoms with Crippen LogP contribution in [0.3, 0.4) is 0 Å². The number of aliphatic hydroxyl groups excluding tert-OH is 1. The number of nitrogens with two attached hydrogens (primary N) is 1. The van der Waals surface area contributed by atoms with Crippen LogP contribution in [0.4, 0.5) is 0 Å². The maximum atomic E-state index is 12.6. The molecule has 4 atom stereocenters. The molecule has 0 aliphatic heterocycles. The number of hydrogen-bond acceptors (Lipinski definition) is 7. The molecule has 0 aliphatic carbocycles. The maximum Gasteiger partial charge on any atom is 0.326 e. The Balaban J connectivity index is 2.96. The number of benzene rings is 1. The fraction of sp³-hybridized carbons (Fsp3) is 0.421. The molecule has 1 aromatic carbocycles. The Morgan fingerprint density at radius 1 is 0.935 bits per heavy atom. The van der Waals surface area contributed by atoms with Gasteiger partial charge in [0.15, 0.2) is 0 Å². The van der Waals surface area contributed by atoms with E-state index in [1.807, 2.05) is 0 Å². The van der Waals surface area contributed by atoms with Gasteiger partial charge in [0.1, 0.15) is 18.1 Å². The van der Waals surface area contributed by atoms with Crippen molar-refractivity contribution in [2.24, 2.45) is 5.73 Å². The quantitative estimate of drug-likeness (QED) is 0.185. The Morgan fingerprint density at radius 3 is 2.00 bits per heavy atom. The number of hydrogen-bond donors (Lipinski definition) is 7. The molecule has 3 amide bonds. The van der Waals surface area contributed by atoms with Gasteiger partial charge in [-0.2, -0.15) is 0 Å². The van der Waals surface area contributed by atoms with Gasteiger partial charge in [-0.3, -0.25) is 19.2 Å². The summed E-state index contributed by atoms with van der Waals surface area (Å²) in [5, 5.41) is 34.7. The molecule has 1 rings (SSSR count). The number of rotatable bonds is 12. The molecule has 0 aliphatic rings. The number of aliphatic hydroxyl groups is 1. The van der Waals surface area contributed by atoms with Gasteiger partial charge in [0, 0.05) is 6.42 Å². The van der Waals surface area contributed by atoms with Gasteiger partial charge in [0.2, 0.25) is 17.7 Å². The number of amides is 3. The first-order chi connectivity index (χ1) is 14.5. The first kappa shape index (κ1) is 25.5. The van der Waals surface area contributed by atoms with Crippen LogP contribution in [0.1, 0.15) is 18.9 Å². The van der Waals surface area contributed by atoms with Crippen molar-refractivity contribution in [1.29, 1.82) is 0 Å². The van der Waals surface area contributed by atoms with Crippen molar-refractivity contribution in [2.45, 2.75) is 44.0 Å². The van der Waals surface area contributed by atoms with Crippen LogP contribution >= 0.6 is 0 Å². The number of carbonyl (C=O) groups is 5. The molecule has 0 saturated carbocycles. The standard InChI is InChI=1S/C19H26N4O8/c1-10(24)16(23-14(25)9-20)18(29)21-12(8-15(26)27)17(28)22-13(19(30)31)7-11-5-3-2-4-6-11/h2-6,10,12-13,16,24H,7-9,20H2,1H3,(H,21,29)(H,22,28)(H,23,25)(H,26,27)(H,30,31). The van der Waals surface area contributed by atoms with Gasteiger partial charge < -0.3 is 37.0 Å². The van der Waals surface area contributed by atoms with E-state index in [-0.39, 0.29) is 6.42 Å². The molecule has 12 nitrogen and oxygen atoms in total. The topological polar surface area (TPSA) is 208 Å². The van der Waals surface area contributed by atoms with Crippen molar-refractivity contribution in [3.8, 4) is 0 Å². The average molecular weight is 438 g/mol. The van der Waals surface area contributed by atoms with Gasteiger partial charge in [-0.1, -0.05) is 30.3 Å². The van der Waals surface area contributed by atoms with Crippen LogP contribution in [-0.2, 0) is 30.4 Å². The molecule has 12 heteroatoms. The predicted octanol–water partition coefficient (Wildman–Crippen LogP) is -2.42. The van der Waals surface area contributed by atoms with Crippen LogP contribution in [0.2, 0.25) is 0 Å². The second kappa shape index (κ2) is 12.2. The summed E-state index contributed by atoms with van der Waals surface area (Å²) in [6.45, 7) is 0.739. The molecule has 0 bridgehead atoms. The molecule has 0 spiro atoms. The number of nitrogens with one attached hydrogen (secondary N) is 3. The third-order valence-corrected chi connectivity index (χ3v) is 4.18. The summed E-state index contributed by atoms with van der Waals surface area (Å²) in [4.78, 5) is 59.2. The second-order valence-electron chi connectivity index (χ2n) is 6.74. The molecule has 1 aromatic rings. The van der Waals surface area contributed by atoms with Crippen molar-refractivity contribution < 1.29 is 39.3 Å². The summed E-state index contributed by atoms with van der Waals surface area (Å²) >= 11 is 0. The van der Waals surface area contributed by atoms with E-state index in [1.54, 1.807) is 30.3 Å². The van der Waals surface area contributed by atoms with Gasteiger partial charge in [0.25, 0.3) is 0 Å². The van der Waals surface area contributed by atoms with Gasteiger partial charge in [0.05, 0.1) is 19.1 Å². The van der Waals surface area contributed by atoms with Crippen LogP contribution in [0.15, 0.2) is 30.3 Å². The van der Waals surface area contributed by atoms with E-state index in [1.165, 1.54) is 6.92 Å². The maximum absolute atomic E-state index is 12.6. The molecule has 0 fully saturated rings. The molecular formula is C19H26N4O8. The van der Waals surface area contributed by atoms with E-state index in [4.69, 9.17) is 10.8 Å². The Hall–Kier alpha value is -3.51. The van der Waals surface area contributed by atoms with Crippen molar-refractivity contribution in [1.82, 2.24) is 16.0 Å². The summed E-state index contributed by atoms with van der Waals surface area (Å²) in [6.07, 6.45) is -2.31. The Bertz CT molecular complexity index is 799. The molecule has 8 N–H and O–H groups in total. The normalized spacial score (nSPS) is 14.4. The first-order valence-corrected chi connectivity index (χ1v) is 9.31. The lowest BCUT2D eigenvalue weighted by Crippen LogP contribution is -2.59. The van der Waals surface area contributed by atoms with Crippen LogP contribution in [0.5, 0.6) is 0 Å². The zero-order valence-corrected chi connectivity index (χ0v) is 16.8. The van der Waals surface area contributed by atoms with Gasteiger partial charge >= 0.3 is 11.9 Å². The third-order valence-electron chi connectivity index (χ3n) is 4.18. The molecule has 31 heavy (non-hydrogen) atoms. The monoisotopic (exact) mass is 438 g/mol. The Kier molecular flexibility index (Phi) is 10.1.